The zero-order valence-electron chi connectivity index (χ0n) is 7.27. The highest BCUT2D eigenvalue weighted by Crippen LogP contribution is 2.11. The number of carbonyl (C=O) groups excluding carboxylic acids is 1. The number of hydrogen-bond donors (Lipinski definition) is 0. The van der Waals surface area contributed by atoms with Crippen LogP contribution in [0, 0.1) is 5.95 Å². The molecular weight excluding hydrogens is 189 g/mol. The second-order valence-corrected chi connectivity index (χ2v) is 2.91. The summed E-state index contributed by atoms with van der Waals surface area (Å²) in [6, 6.07) is 2.82. The third-order valence-corrected chi connectivity index (χ3v) is 1.86. The van der Waals surface area contributed by atoms with Crippen molar-refractivity contribution < 1.29 is 18.7 Å². The van der Waals surface area contributed by atoms with Crippen molar-refractivity contribution in [2.75, 3.05) is 13.2 Å². The number of carbonyl (C=O) groups is 1. The normalized spacial score (nSPS) is 16.1. The van der Waals surface area contributed by atoms with Crippen molar-refractivity contribution in [3.63, 3.8) is 0 Å². The largest absolute Gasteiger partial charge is 0.454 e. The second kappa shape index (κ2) is 3.71. The van der Waals surface area contributed by atoms with Crippen molar-refractivity contribution in [3.05, 3.63) is 29.8 Å². The summed E-state index contributed by atoms with van der Waals surface area (Å²) in [7, 11) is 0. The van der Waals surface area contributed by atoms with Gasteiger partial charge in [0.25, 0.3) is 0 Å². The van der Waals surface area contributed by atoms with Crippen LogP contribution in [0.3, 0.4) is 0 Å². The number of pyridine rings is 1. The lowest BCUT2D eigenvalue weighted by Crippen LogP contribution is -2.38. The summed E-state index contributed by atoms with van der Waals surface area (Å²) < 4.78 is 22.7. The number of rotatable bonds is 2. The zero-order valence-corrected chi connectivity index (χ0v) is 7.27. The van der Waals surface area contributed by atoms with E-state index in [4.69, 9.17) is 9.47 Å². The summed E-state index contributed by atoms with van der Waals surface area (Å²) >= 11 is 0. The molecule has 1 saturated heterocycles. The van der Waals surface area contributed by atoms with Gasteiger partial charge in [0.1, 0.15) is 11.7 Å². The van der Waals surface area contributed by atoms with E-state index < -0.39 is 11.9 Å². The van der Waals surface area contributed by atoms with Gasteiger partial charge in [0, 0.05) is 6.20 Å². The highest BCUT2D eigenvalue weighted by atomic mass is 19.1. The van der Waals surface area contributed by atoms with Crippen molar-refractivity contribution >= 4 is 5.97 Å². The first-order valence-electron chi connectivity index (χ1n) is 4.16. The van der Waals surface area contributed by atoms with Crippen LogP contribution in [0.1, 0.15) is 10.4 Å². The first-order valence-corrected chi connectivity index (χ1v) is 4.16. The monoisotopic (exact) mass is 197 g/mol. The lowest BCUT2D eigenvalue weighted by atomic mass is 10.2. The van der Waals surface area contributed by atoms with Crippen molar-refractivity contribution in [1.82, 2.24) is 4.98 Å². The number of nitrogens with zero attached hydrogens (tertiary/aromatic N) is 1. The molecule has 2 rings (SSSR count). The van der Waals surface area contributed by atoms with Crippen molar-refractivity contribution in [2.24, 2.45) is 0 Å². The number of hydrogen-bond acceptors (Lipinski definition) is 4. The maximum atomic E-state index is 13.0. The summed E-state index contributed by atoms with van der Waals surface area (Å²) in [5.41, 5.74) is -0.139. The van der Waals surface area contributed by atoms with E-state index in [2.05, 4.69) is 4.98 Å². The minimum atomic E-state index is -0.808. The van der Waals surface area contributed by atoms with Crippen LogP contribution in [-0.4, -0.2) is 30.3 Å². The Morgan fingerprint density at radius 3 is 3.00 bits per heavy atom. The standard InChI is InChI=1S/C9H8FNO3/c10-8-7(2-1-3-11-8)9(12)14-6-4-13-5-6/h1-3,6H,4-5H2. The molecular formula is C9H8FNO3. The second-order valence-electron chi connectivity index (χ2n) is 2.91. The molecule has 0 saturated carbocycles. The molecule has 0 atom stereocenters. The third kappa shape index (κ3) is 1.72. The van der Waals surface area contributed by atoms with E-state index in [9.17, 15) is 9.18 Å². The Morgan fingerprint density at radius 2 is 2.43 bits per heavy atom. The molecule has 0 amide bonds. The van der Waals surface area contributed by atoms with Crippen molar-refractivity contribution in [1.29, 1.82) is 0 Å². The van der Waals surface area contributed by atoms with Gasteiger partial charge in [-0.2, -0.15) is 4.39 Å². The first kappa shape index (κ1) is 9.08. The lowest BCUT2D eigenvalue weighted by Gasteiger charge is -2.25. The number of esters is 1. The topological polar surface area (TPSA) is 48.4 Å². The van der Waals surface area contributed by atoms with Crippen LogP contribution in [0.15, 0.2) is 18.3 Å². The van der Waals surface area contributed by atoms with E-state index in [1.165, 1.54) is 18.3 Å². The molecule has 14 heavy (non-hydrogen) atoms. The fourth-order valence-corrected chi connectivity index (χ4v) is 1.04. The van der Waals surface area contributed by atoms with Crippen molar-refractivity contribution in [3.8, 4) is 0 Å². The Balaban J connectivity index is 2.06. The van der Waals surface area contributed by atoms with Crippen LogP contribution in [0.5, 0.6) is 0 Å². The smallest absolute Gasteiger partial charge is 0.343 e. The van der Waals surface area contributed by atoms with Crippen LogP contribution in [0.25, 0.3) is 0 Å². The minimum Gasteiger partial charge on any atom is -0.454 e. The summed E-state index contributed by atoms with van der Waals surface area (Å²) in [6.07, 6.45) is 1.03. The Labute approximate surface area is 79.7 Å². The Bertz CT molecular complexity index is 352. The summed E-state index contributed by atoms with van der Waals surface area (Å²) in [4.78, 5) is 14.7. The molecule has 0 spiro atoms. The quantitative estimate of drug-likeness (QED) is 0.519. The average Bonchev–Trinajstić information content (AvgIpc) is 2.12. The number of aromatic nitrogens is 1. The van der Waals surface area contributed by atoms with Crippen LogP contribution in [0.2, 0.25) is 0 Å². The SMILES string of the molecule is O=C(OC1COC1)c1cccnc1F. The summed E-state index contributed by atoms with van der Waals surface area (Å²) in [5, 5.41) is 0. The van der Waals surface area contributed by atoms with E-state index in [1.807, 2.05) is 0 Å². The molecule has 1 aliphatic rings. The van der Waals surface area contributed by atoms with Gasteiger partial charge in [0.15, 0.2) is 0 Å². The average molecular weight is 197 g/mol. The Kier molecular flexibility index (Phi) is 2.41. The van der Waals surface area contributed by atoms with Gasteiger partial charge < -0.3 is 9.47 Å². The van der Waals surface area contributed by atoms with Gasteiger partial charge >= 0.3 is 5.97 Å². The van der Waals surface area contributed by atoms with Crippen LogP contribution >= 0.6 is 0 Å². The van der Waals surface area contributed by atoms with Crippen LogP contribution in [0.4, 0.5) is 4.39 Å². The molecule has 74 valence electrons. The predicted octanol–water partition coefficient (Wildman–Crippen LogP) is 0.776. The molecule has 0 aliphatic carbocycles. The van der Waals surface area contributed by atoms with Crippen molar-refractivity contribution in [2.45, 2.75) is 6.10 Å². The Morgan fingerprint density at radius 1 is 1.64 bits per heavy atom. The van der Waals surface area contributed by atoms with E-state index in [-0.39, 0.29) is 11.7 Å². The molecule has 1 fully saturated rings. The molecule has 1 aliphatic heterocycles. The maximum Gasteiger partial charge on any atom is 0.343 e. The first-order chi connectivity index (χ1) is 6.77. The molecule has 0 aromatic carbocycles. The summed E-state index contributed by atoms with van der Waals surface area (Å²) in [5.74, 6) is -1.50. The molecule has 0 bridgehead atoms. The van der Waals surface area contributed by atoms with Gasteiger partial charge in [-0.25, -0.2) is 9.78 Å². The van der Waals surface area contributed by atoms with Gasteiger partial charge in [0.05, 0.1) is 13.2 Å². The molecule has 4 nitrogen and oxygen atoms in total. The predicted molar refractivity (Wildman–Crippen MR) is 44.2 cm³/mol. The lowest BCUT2D eigenvalue weighted by molar-refractivity contribution is -0.103. The van der Waals surface area contributed by atoms with Gasteiger partial charge in [0.2, 0.25) is 5.95 Å². The van der Waals surface area contributed by atoms with E-state index >= 15 is 0 Å². The third-order valence-electron chi connectivity index (χ3n) is 1.86. The zero-order chi connectivity index (χ0) is 9.97. The highest BCUT2D eigenvalue weighted by molar-refractivity contribution is 5.89. The number of halogens is 1. The molecule has 0 radical (unpaired) electrons. The summed E-state index contributed by atoms with van der Waals surface area (Å²) in [6.45, 7) is 0.765. The fourth-order valence-electron chi connectivity index (χ4n) is 1.04. The van der Waals surface area contributed by atoms with Gasteiger partial charge in [-0.05, 0) is 12.1 Å². The van der Waals surface area contributed by atoms with E-state index in [0.29, 0.717) is 13.2 Å². The fraction of sp³-hybridized carbons (Fsp3) is 0.333. The van der Waals surface area contributed by atoms with E-state index in [0.717, 1.165) is 0 Å². The Hall–Kier alpha value is -1.49. The minimum absolute atomic E-state index is 0.139. The highest BCUT2D eigenvalue weighted by Gasteiger charge is 2.24. The van der Waals surface area contributed by atoms with Gasteiger partial charge in [-0.1, -0.05) is 0 Å². The number of ether oxygens (including phenoxy) is 2. The molecule has 5 heteroatoms. The molecule has 1 aromatic heterocycles. The van der Waals surface area contributed by atoms with Crippen LogP contribution in [-0.2, 0) is 9.47 Å². The van der Waals surface area contributed by atoms with Gasteiger partial charge in [-0.3, -0.25) is 0 Å². The molecule has 2 heterocycles. The van der Waals surface area contributed by atoms with Gasteiger partial charge in [-0.15, -0.1) is 0 Å². The molecule has 0 N–H and O–H groups in total. The maximum absolute atomic E-state index is 13.0. The molecule has 0 unspecified atom stereocenters. The van der Waals surface area contributed by atoms with E-state index in [1.54, 1.807) is 0 Å². The molecule has 1 aromatic rings. The van der Waals surface area contributed by atoms with Crippen LogP contribution < -0.4 is 0 Å².